The van der Waals surface area contributed by atoms with Crippen molar-refractivity contribution >= 4 is 0 Å². The Morgan fingerprint density at radius 3 is 2.76 bits per heavy atom. The van der Waals surface area contributed by atoms with E-state index in [1.165, 1.54) is 38.5 Å². The van der Waals surface area contributed by atoms with Crippen molar-refractivity contribution in [3.8, 4) is 0 Å². The maximum atomic E-state index is 6.10. The second-order valence-corrected chi connectivity index (χ2v) is 5.66. The molecular formula is C14H28N2O. The van der Waals surface area contributed by atoms with Gasteiger partial charge in [0.2, 0.25) is 0 Å². The highest BCUT2D eigenvalue weighted by atomic mass is 16.5. The molecule has 1 heterocycles. The molecule has 0 aromatic carbocycles. The lowest BCUT2D eigenvalue weighted by Crippen LogP contribution is -2.48. The Balaban J connectivity index is 1.90. The van der Waals surface area contributed by atoms with E-state index >= 15 is 0 Å². The molecule has 1 aliphatic carbocycles. The fourth-order valence-corrected chi connectivity index (χ4v) is 3.57. The monoisotopic (exact) mass is 240 g/mol. The molecule has 100 valence electrons. The van der Waals surface area contributed by atoms with Gasteiger partial charge in [0.15, 0.2) is 0 Å². The van der Waals surface area contributed by atoms with Crippen molar-refractivity contribution in [3.05, 3.63) is 0 Å². The van der Waals surface area contributed by atoms with Crippen LogP contribution in [0, 0.1) is 0 Å². The first-order chi connectivity index (χ1) is 8.29. The molecule has 1 saturated heterocycles. The van der Waals surface area contributed by atoms with Crippen molar-refractivity contribution in [2.75, 3.05) is 26.2 Å². The van der Waals surface area contributed by atoms with E-state index in [-0.39, 0.29) is 5.60 Å². The standard InChI is InChI=1S/C14H28N2O/c1-2-16(10-5-9-15)13-6-11-17-14(12-13)7-3-4-8-14/h13H,2-12,15H2,1H3. The van der Waals surface area contributed by atoms with Crippen LogP contribution in [-0.2, 0) is 4.74 Å². The van der Waals surface area contributed by atoms with Crippen LogP contribution in [0.25, 0.3) is 0 Å². The smallest absolute Gasteiger partial charge is 0.0697 e. The summed E-state index contributed by atoms with van der Waals surface area (Å²) >= 11 is 0. The summed E-state index contributed by atoms with van der Waals surface area (Å²) < 4.78 is 6.10. The van der Waals surface area contributed by atoms with E-state index in [0.717, 1.165) is 38.7 Å². The molecule has 0 radical (unpaired) electrons. The maximum absolute atomic E-state index is 6.10. The van der Waals surface area contributed by atoms with Gasteiger partial charge in [0, 0.05) is 12.6 Å². The average Bonchev–Trinajstić information content (AvgIpc) is 2.78. The molecule has 0 bridgehead atoms. The predicted octanol–water partition coefficient (Wildman–Crippen LogP) is 2.15. The highest BCUT2D eigenvalue weighted by Crippen LogP contribution is 2.41. The first-order valence-corrected chi connectivity index (χ1v) is 7.38. The van der Waals surface area contributed by atoms with Gasteiger partial charge in [-0.2, -0.15) is 0 Å². The summed E-state index contributed by atoms with van der Waals surface area (Å²) in [5.41, 5.74) is 5.87. The van der Waals surface area contributed by atoms with Crippen LogP contribution in [0.2, 0.25) is 0 Å². The van der Waals surface area contributed by atoms with Crippen molar-refractivity contribution in [1.29, 1.82) is 0 Å². The number of hydrogen-bond acceptors (Lipinski definition) is 3. The third-order valence-electron chi connectivity index (χ3n) is 4.55. The Hall–Kier alpha value is -0.120. The second-order valence-electron chi connectivity index (χ2n) is 5.66. The number of nitrogens with zero attached hydrogens (tertiary/aromatic N) is 1. The van der Waals surface area contributed by atoms with Crippen LogP contribution < -0.4 is 5.73 Å². The summed E-state index contributed by atoms with van der Waals surface area (Å²) in [6, 6.07) is 0.735. The van der Waals surface area contributed by atoms with E-state index in [0.29, 0.717) is 0 Å². The molecule has 1 spiro atoms. The Morgan fingerprint density at radius 1 is 1.35 bits per heavy atom. The molecule has 2 rings (SSSR count). The predicted molar refractivity (Wildman–Crippen MR) is 71.1 cm³/mol. The highest BCUT2D eigenvalue weighted by Gasteiger charge is 2.41. The summed E-state index contributed by atoms with van der Waals surface area (Å²) in [6.07, 6.45) is 8.89. The molecule has 0 aromatic rings. The van der Waals surface area contributed by atoms with Crippen LogP contribution in [0.3, 0.4) is 0 Å². The van der Waals surface area contributed by atoms with Crippen molar-refractivity contribution < 1.29 is 4.74 Å². The molecule has 0 aromatic heterocycles. The molecule has 1 unspecified atom stereocenters. The first-order valence-electron chi connectivity index (χ1n) is 7.38. The van der Waals surface area contributed by atoms with E-state index in [1.807, 2.05) is 0 Å². The summed E-state index contributed by atoms with van der Waals surface area (Å²) in [5.74, 6) is 0. The van der Waals surface area contributed by atoms with E-state index in [4.69, 9.17) is 10.5 Å². The largest absolute Gasteiger partial charge is 0.375 e. The molecule has 2 N–H and O–H groups in total. The highest BCUT2D eigenvalue weighted by molar-refractivity contribution is 4.94. The van der Waals surface area contributed by atoms with Gasteiger partial charge in [-0.05, 0) is 51.7 Å². The second kappa shape index (κ2) is 6.17. The Morgan fingerprint density at radius 2 is 2.12 bits per heavy atom. The molecule has 3 nitrogen and oxygen atoms in total. The molecule has 2 aliphatic rings. The zero-order valence-electron chi connectivity index (χ0n) is 11.3. The van der Waals surface area contributed by atoms with Gasteiger partial charge in [-0.3, -0.25) is 0 Å². The SMILES string of the molecule is CCN(CCCN)C1CCOC2(CCCC2)C1. The fourth-order valence-electron chi connectivity index (χ4n) is 3.57. The van der Waals surface area contributed by atoms with Crippen LogP contribution in [-0.4, -0.2) is 42.8 Å². The summed E-state index contributed by atoms with van der Waals surface area (Å²) in [7, 11) is 0. The number of rotatable bonds is 5. The minimum atomic E-state index is 0.249. The minimum absolute atomic E-state index is 0.249. The van der Waals surface area contributed by atoms with Gasteiger partial charge in [-0.1, -0.05) is 19.8 Å². The normalized spacial score (nSPS) is 28.1. The van der Waals surface area contributed by atoms with Crippen LogP contribution in [0.1, 0.15) is 51.9 Å². The Kier molecular flexibility index (Phi) is 4.83. The quantitative estimate of drug-likeness (QED) is 0.800. The van der Waals surface area contributed by atoms with Crippen LogP contribution in [0.15, 0.2) is 0 Å². The number of hydrogen-bond donors (Lipinski definition) is 1. The number of nitrogens with two attached hydrogens (primary N) is 1. The van der Waals surface area contributed by atoms with Crippen molar-refractivity contribution in [1.82, 2.24) is 4.90 Å². The van der Waals surface area contributed by atoms with Gasteiger partial charge in [0.05, 0.1) is 5.60 Å². The van der Waals surface area contributed by atoms with Gasteiger partial charge in [-0.25, -0.2) is 0 Å². The van der Waals surface area contributed by atoms with Gasteiger partial charge in [0.1, 0.15) is 0 Å². The van der Waals surface area contributed by atoms with E-state index in [2.05, 4.69) is 11.8 Å². The zero-order valence-corrected chi connectivity index (χ0v) is 11.3. The maximum Gasteiger partial charge on any atom is 0.0697 e. The first kappa shape index (κ1) is 13.3. The minimum Gasteiger partial charge on any atom is -0.375 e. The van der Waals surface area contributed by atoms with Gasteiger partial charge in [0.25, 0.3) is 0 Å². The lowest BCUT2D eigenvalue weighted by atomic mass is 9.88. The molecule has 3 heteroatoms. The third kappa shape index (κ3) is 3.21. The summed E-state index contributed by atoms with van der Waals surface area (Å²) in [5, 5.41) is 0. The molecule has 0 amide bonds. The molecule has 17 heavy (non-hydrogen) atoms. The molecule has 1 aliphatic heterocycles. The Labute approximate surface area is 106 Å². The fraction of sp³-hybridized carbons (Fsp3) is 1.00. The van der Waals surface area contributed by atoms with Crippen molar-refractivity contribution in [2.24, 2.45) is 5.73 Å². The summed E-state index contributed by atoms with van der Waals surface area (Å²) in [4.78, 5) is 2.62. The zero-order chi connectivity index (χ0) is 12.1. The van der Waals surface area contributed by atoms with Crippen molar-refractivity contribution in [3.63, 3.8) is 0 Å². The lowest BCUT2D eigenvalue weighted by Gasteiger charge is -2.43. The summed E-state index contributed by atoms with van der Waals surface area (Å²) in [6.45, 7) is 6.36. The van der Waals surface area contributed by atoms with Crippen LogP contribution in [0.4, 0.5) is 0 Å². The van der Waals surface area contributed by atoms with E-state index in [1.54, 1.807) is 0 Å². The molecule has 2 fully saturated rings. The Bertz CT molecular complexity index is 226. The van der Waals surface area contributed by atoms with E-state index < -0.39 is 0 Å². The molecule has 1 saturated carbocycles. The van der Waals surface area contributed by atoms with E-state index in [9.17, 15) is 0 Å². The topological polar surface area (TPSA) is 38.5 Å². The number of ether oxygens (including phenoxy) is 1. The van der Waals surface area contributed by atoms with Crippen molar-refractivity contribution in [2.45, 2.75) is 63.5 Å². The van der Waals surface area contributed by atoms with Gasteiger partial charge in [-0.15, -0.1) is 0 Å². The molecule has 1 atom stereocenters. The third-order valence-corrected chi connectivity index (χ3v) is 4.55. The van der Waals surface area contributed by atoms with Gasteiger partial charge < -0.3 is 15.4 Å². The lowest BCUT2D eigenvalue weighted by molar-refractivity contribution is -0.101. The van der Waals surface area contributed by atoms with Crippen LogP contribution >= 0.6 is 0 Å². The average molecular weight is 240 g/mol. The van der Waals surface area contributed by atoms with Crippen LogP contribution in [0.5, 0.6) is 0 Å². The molecular weight excluding hydrogens is 212 g/mol. The van der Waals surface area contributed by atoms with Gasteiger partial charge >= 0.3 is 0 Å².